The molecule has 0 aliphatic carbocycles. The summed E-state index contributed by atoms with van der Waals surface area (Å²) in [5, 5.41) is 7.60. The Balaban J connectivity index is 2.02. The second-order valence-electron chi connectivity index (χ2n) is 4.74. The van der Waals surface area contributed by atoms with Gasteiger partial charge in [0.1, 0.15) is 5.69 Å². The summed E-state index contributed by atoms with van der Waals surface area (Å²) in [6.45, 7) is 2.66. The molecule has 0 bridgehead atoms. The predicted octanol–water partition coefficient (Wildman–Crippen LogP) is 0.696. The van der Waals surface area contributed by atoms with Crippen molar-refractivity contribution in [2.45, 2.75) is 32.7 Å². The van der Waals surface area contributed by atoms with Crippen molar-refractivity contribution in [2.75, 3.05) is 11.5 Å². The molecule has 0 amide bonds. The van der Waals surface area contributed by atoms with Crippen molar-refractivity contribution in [3.63, 3.8) is 0 Å². The SMILES string of the molecule is CCCn1nncc1C(=O)CC1CCS(=O)(=O)C1. The van der Waals surface area contributed by atoms with Crippen LogP contribution >= 0.6 is 0 Å². The first-order valence-electron chi connectivity index (χ1n) is 6.14. The van der Waals surface area contributed by atoms with Crippen LogP contribution in [0.4, 0.5) is 0 Å². The monoisotopic (exact) mass is 271 g/mol. The topological polar surface area (TPSA) is 81.9 Å². The standard InChI is InChI=1S/C11H17N3O3S/c1-2-4-14-10(7-12-13-14)11(15)6-9-3-5-18(16,17)8-9/h7,9H,2-6,8H2,1H3. The van der Waals surface area contributed by atoms with Crippen molar-refractivity contribution in [1.29, 1.82) is 0 Å². The highest BCUT2D eigenvalue weighted by Crippen LogP contribution is 2.23. The van der Waals surface area contributed by atoms with E-state index in [-0.39, 0.29) is 29.6 Å². The van der Waals surface area contributed by atoms with Gasteiger partial charge < -0.3 is 0 Å². The number of nitrogens with zero attached hydrogens (tertiary/aromatic N) is 3. The van der Waals surface area contributed by atoms with Crippen LogP contribution in [-0.2, 0) is 16.4 Å². The summed E-state index contributed by atoms with van der Waals surface area (Å²) in [7, 11) is -2.92. The highest BCUT2D eigenvalue weighted by atomic mass is 32.2. The quantitative estimate of drug-likeness (QED) is 0.736. The van der Waals surface area contributed by atoms with Crippen molar-refractivity contribution in [1.82, 2.24) is 15.0 Å². The van der Waals surface area contributed by atoms with Gasteiger partial charge in [0, 0.05) is 13.0 Å². The lowest BCUT2D eigenvalue weighted by Gasteiger charge is -2.07. The summed E-state index contributed by atoms with van der Waals surface area (Å²) in [5.74, 6) is 0.230. The number of hydrogen-bond acceptors (Lipinski definition) is 5. The van der Waals surface area contributed by atoms with Gasteiger partial charge in [0.2, 0.25) is 0 Å². The molecule has 1 unspecified atom stereocenters. The number of aromatic nitrogens is 3. The van der Waals surface area contributed by atoms with Crippen molar-refractivity contribution in [3.8, 4) is 0 Å². The zero-order valence-electron chi connectivity index (χ0n) is 10.4. The Morgan fingerprint density at radius 3 is 2.94 bits per heavy atom. The first-order valence-corrected chi connectivity index (χ1v) is 7.96. The maximum absolute atomic E-state index is 12.1. The van der Waals surface area contributed by atoms with Gasteiger partial charge in [0.15, 0.2) is 15.6 Å². The lowest BCUT2D eigenvalue weighted by Crippen LogP contribution is -2.15. The van der Waals surface area contributed by atoms with Gasteiger partial charge in [-0.15, -0.1) is 5.10 Å². The fraction of sp³-hybridized carbons (Fsp3) is 0.727. The summed E-state index contributed by atoms with van der Waals surface area (Å²) < 4.78 is 24.3. The molecule has 1 atom stereocenters. The minimum absolute atomic E-state index is 0.0486. The summed E-state index contributed by atoms with van der Waals surface area (Å²) in [4.78, 5) is 12.1. The molecular formula is C11H17N3O3S. The second kappa shape index (κ2) is 5.17. The van der Waals surface area contributed by atoms with Crippen molar-refractivity contribution in [3.05, 3.63) is 11.9 Å². The van der Waals surface area contributed by atoms with Crippen LogP contribution in [0.3, 0.4) is 0 Å². The van der Waals surface area contributed by atoms with E-state index in [0.717, 1.165) is 6.42 Å². The average molecular weight is 271 g/mol. The lowest BCUT2D eigenvalue weighted by atomic mass is 10.0. The van der Waals surface area contributed by atoms with Crippen LogP contribution in [0, 0.1) is 5.92 Å². The number of carbonyl (C=O) groups is 1. The number of aryl methyl sites for hydroxylation is 1. The van der Waals surface area contributed by atoms with E-state index < -0.39 is 9.84 Å². The molecule has 0 saturated carbocycles. The van der Waals surface area contributed by atoms with Crippen LogP contribution in [0.2, 0.25) is 0 Å². The number of ketones is 1. The van der Waals surface area contributed by atoms with Gasteiger partial charge in [-0.2, -0.15) is 0 Å². The highest BCUT2D eigenvalue weighted by molar-refractivity contribution is 7.91. The van der Waals surface area contributed by atoms with E-state index >= 15 is 0 Å². The van der Waals surface area contributed by atoms with Gasteiger partial charge in [0.05, 0.1) is 17.7 Å². The fourth-order valence-corrected chi connectivity index (χ4v) is 4.11. The van der Waals surface area contributed by atoms with E-state index in [1.54, 1.807) is 4.68 Å². The molecule has 1 aromatic heterocycles. The minimum Gasteiger partial charge on any atom is -0.292 e. The molecule has 0 spiro atoms. The molecule has 6 nitrogen and oxygen atoms in total. The molecular weight excluding hydrogens is 254 g/mol. The molecule has 1 aliphatic heterocycles. The number of carbonyl (C=O) groups excluding carboxylic acids is 1. The van der Waals surface area contributed by atoms with Gasteiger partial charge in [-0.1, -0.05) is 12.1 Å². The van der Waals surface area contributed by atoms with Gasteiger partial charge >= 0.3 is 0 Å². The van der Waals surface area contributed by atoms with Gasteiger partial charge in [-0.3, -0.25) is 4.79 Å². The Morgan fingerprint density at radius 1 is 1.56 bits per heavy atom. The molecule has 1 aromatic rings. The Hall–Kier alpha value is -1.24. The number of hydrogen-bond donors (Lipinski definition) is 0. The number of sulfone groups is 1. The van der Waals surface area contributed by atoms with Gasteiger partial charge in [0.25, 0.3) is 0 Å². The van der Waals surface area contributed by atoms with Crippen LogP contribution in [-0.4, -0.2) is 40.7 Å². The molecule has 18 heavy (non-hydrogen) atoms. The van der Waals surface area contributed by atoms with E-state index in [1.165, 1.54) is 6.20 Å². The Morgan fingerprint density at radius 2 is 2.33 bits per heavy atom. The van der Waals surface area contributed by atoms with Crippen LogP contribution in [0.15, 0.2) is 6.20 Å². The Labute approximate surface area is 106 Å². The fourth-order valence-electron chi connectivity index (χ4n) is 2.25. The second-order valence-corrected chi connectivity index (χ2v) is 6.97. The summed E-state index contributed by atoms with van der Waals surface area (Å²) in [6, 6.07) is 0. The first kappa shape index (κ1) is 13.2. The molecule has 2 rings (SSSR count). The summed E-state index contributed by atoms with van der Waals surface area (Å²) >= 11 is 0. The molecule has 1 fully saturated rings. The molecule has 100 valence electrons. The first-order chi connectivity index (χ1) is 8.52. The normalized spacial score (nSPS) is 22.2. The van der Waals surface area contributed by atoms with Crippen molar-refractivity contribution < 1.29 is 13.2 Å². The van der Waals surface area contributed by atoms with E-state index in [4.69, 9.17) is 0 Å². The maximum atomic E-state index is 12.1. The molecule has 1 aliphatic rings. The van der Waals surface area contributed by atoms with Crippen LogP contribution < -0.4 is 0 Å². The molecule has 0 N–H and O–H groups in total. The highest BCUT2D eigenvalue weighted by Gasteiger charge is 2.30. The largest absolute Gasteiger partial charge is 0.292 e. The Bertz CT molecular complexity index is 535. The smallest absolute Gasteiger partial charge is 0.182 e. The predicted molar refractivity (Wildman–Crippen MR) is 66.0 cm³/mol. The van der Waals surface area contributed by atoms with Gasteiger partial charge in [-0.25, -0.2) is 13.1 Å². The average Bonchev–Trinajstić information content (AvgIpc) is 2.86. The van der Waals surface area contributed by atoms with E-state index in [1.807, 2.05) is 6.92 Å². The zero-order valence-corrected chi connectivity index (χ0v) is 11.2. The maximum Gasteiger partial charge on any atom is 0.182 e. The number of rotatable bonds is 5. The van der Waals surface area contributed by atoms with Crippen LogP contribution in [0.25, 0.3) is 0 Å². The molecule has 0 radical (unpaired) electrons. The third kappa shape index (κ3) is 2.95. The van der Waals surface area contributed by atoms with Crippen molar-refractivity contribution >= 4 is 15.6 Å². The van der Waals surface area contributed by atoms with E-state index in [0.29, 0.717) is 18.7 Å². The summed E-state index contributed by atoms with van der Waals surface area (Å²) in [6.07, 6.45) is 3.20. The molecule has 0 aromatic carbocycles. The van der Waals surface area contributed by atoms with Gasteiger partial charge in [-0.05, 0) is 18.8 Å². The molecule has 7 heteroatoms. The van der Waals surface area contributed by atoms with E-state index in [2.05, 4.69) is 10.3 Å². The minimum atomic E-state index is -2.92. The third-order valence-electron chi connectivity index (χ3n) is 3.14. The lowest BCUT2D eigenvalue weighted by molar-refractivity contribution is 0.0955. The molecule has 2 heterocycles. The van der Waals surface area contributed by atoms with E-state index in [9.17, 15) is 13.2 Å². The Kier molecular flexibility index (Phi) is 3.79. The molecule has 1 saturated heterocycles. The van der Waals surface area contributed by atoms with Crippen LogP contribution in [0.5, 0.6) is 0 Å². The third-order valence-corrected chi connectivity index (χ3v) is 4.98. The zero-order chi connectivity index (χ0) is 13.2. The van der Waals surface area contributed by atoms with Crippen LogP contribution in [0.1, 0.15) is 36.7 Å². The number of Topliss-reactive ketones (excluding diaryl/α,β-unsaturated/α-hetero) is 1. The summed E-state index contributed by atoms with van der Waals surface area (Å²) in [5.41, 5.74) is 0.487. The van der Waals surface area contributed by atoms with Crippen molar-refractivity contribution in [2.24, 2.45) is 5.92 Å².